The van der Waals surface area contributed by atoms with Gasteiger partial charge in [0.15, 0.2) is 11.5 Å². The molecule has 0 atom stereocenters. The third-order valence-corrected chi connectivity index (χ3v) is 4.78. The Morgan fingerprint density at radius 3 is 2.43 bits per heavy atom. The van der Waals surface area contributed by atoms with Crippen LogP contribution >= 0.6 is 15.9 Å². The van der Waals surface area contributed by atoms with Crippen molar-refractivity contribution in [2.45, 2.75) is 6.92 Å². The molecular weight excluding hydrogens is 428 g/mol. The Labute approximate surface area is 170 Å². The lowest BCUT2D eigenvalue weighted by Crippen LogP contribution is -2.21. The number of carbonyl (C=O) groups excluding carboxylic acids is 1. The number of carbonyl (C=O) groups is 2. The zero-order valence-electron chi connectivity index (χ0n) is 15.4. The summed E-state index contributed by atoms with van der Waals surface area (Å²) in [5.74, 6) is -0.233. The average molecular weight is 445 g/mol. The topological polar surface area (TPSA) is 88.4 Å². The fraction of sp³-hybridized carbons (Fsp3) is 0.150. The highest BCUT2D eigenvalue weighted by Crippen LogP contribution is 2.37. The van der Waals surface area contributed by atoms with Crippen LogP contribution in [-0.4, -0.2) is 36.9 Å². The Bertz CT molecular complexity index is 1010. The van der Waals surface area contributed by atoms with E-state index < -0.39 is 5.97 Å². The van der Waals surface area contributed by atoms with Crippen LogP contribution in [0.25, 0.3) is 6.08 Å². The lowest BCUT2D eigenvalue weighted by atomic mass is 10.1. The summed E-state index contributed by atoms with van der Waals surface area (Å²) in [7, 11) is 3.09. The molecule has 1 aliphatic heterocycles. The molecule has 0 saturated heterocycles. The van der Waals surface area contributed by atoms with Crippen LogP contribution in [0.15, 0.2) is 51.5 Å². The lowest BCUT2D eigenvalue weighted by molar-refractivity contribution is -0.114. The molecule has 1 aliphatic rings. The smallest absolute Gasteiger partial charge is 0.335 e. The van der Waals surface area contributed by atoms with Gasteiger partial charge in [0.2, 0.25) is 0 Å². The molecule has 1 amide bonds. The minimum absolute atomic E-state index is 0.141. The van der Waals surface area contributed by atoms with Crippen molar-refractivity contribution in [3.05, 3.63) is 57.6 Å². The highest BCUT2D eigenvalue weighted by Gasteiger charge is 2.29. The van der Waals surface area contributed by atoms with Gasteiger partial charge in [-0.1, -0.05) is 0 Å². The van der Waals surface area contributed by atoms with Crippen LogP contribution in [0.1, 0.15) is 22.8 Å². The Hall–Kier alpha value is -3.13. The summed E-state index contributed by atoms with van der Waals surface area (Å²) in [6.07, 6.45) is 1.72. The van der Waals surface area contributed by atoms with Crippen molar-refractivity contribution >= 4 is 45.3 Å². The van der Waals surface area contributed by atoms with Gasteiger partial charge in [0.25, 0.3) is 5.91 Å². The summed E-state index contributed by atoms with van der Waals surface area (Å²) in [5.41, 5.74) is 2.36. The summed E-state index contributed by atoms with van der Waals surface area (Å²) >= 11 is 3.44. The van der Waals surface area contributed by atoms with Gasteiger partial charge in [0.1, 0.15) is 0 Å². The normalized spacial score (nSPS) is 15.0. The number of aromatic carboxylic acids is 1. The Kier molecular flexibility index (Phi) is 5.51. The molecule has 8 heteroatoms. The second-order valence-electron chi connectivity index (χ2n) is 5.95. The quantitative estimate of drug-likeness (QED) is 0.704. The molecule has 1 heterocycles. The number of halogens is 1. The number of hydrogen-bond donors (Lipinski definition) is 1. The average Bonchev–Trinajstić information content (AvgIpc) is 2.95. The van der Waals surface area contributed by atoms with Crippen molar-refractivity contribution in [2.75, 3.05) is 19.2 Å². The van der Waals surface area contributed by atoms with E-state index in [1.165, 1.54) is 24.3 Å². The maximum atomic E-state index is 12.9. The van der Waals surface area contributed by atoms with E-state index in [0.29, 0.717) is 32.9 Å². The maximum Gasteiger partial charge on any atom is 0.335 e. The second-order valence-corrected chi connectivity index (χ2v) is 6.80. The summed E-state index contributed by atoms with van der Waals surface area (Å²) in [4.78, 5) is 23.9. The number of carboxylic acid groups (broad SMARTS) is 1. The van der Waals surface area contributed by atoms with E-state index in [4.69, 9.17) is 14.6 Å². The molecule has 7 nitrogen and oxygen atoms in total. The molecular formula is C20H17BrN2O5. The first-order valence-electron chi connectivity index (χ1n) is 8.22. The van der Waals surface area contributed by atoms with Crippen molar-refractivity contribution < 1.29 is 24.2 Å². The van der Waals surface area contributed by atoms with Gasteiger partial charge in [-0.3, -0.25) is 4.79 Å². The first-order valence-corrected chi connectivity index (χ1v) is 9.01. The number of ether oxygens (including phenoxy) is 2. The molecule has 0 bridgehead atoms. The van der Waals surface area contributed by atoms with Crippen LogP contribution in [0.4, 0.5) is 5.69 Å². The number of nitrogens with zero attached hydrogens (tertiary/aromatic N) is 2. The number of anilines is 1. The van der Waals surface area contributed by atoms with Crippen molar-refractivity contribution in [1.82, 2.24) is 0 Å². The third-order valence-electron chi connectivity index (χ3n) is 4.19. The molecule has 2 aromatic rings. The van der Waals surface area contributed by atoms with Crippen LogP contribution in [0.3, 0.4) is 0 Å². The lowest BCUT2D eigenvalue weighted by Gasteiger charge is -2.12. The Morgan fingerprint density at radius 1 is 1.18 bits per heavy atom. The first kappa shape index (κ1) is 19.6. The van der Waals surface area contributed by atoms with E-state index in [9.17, 15) is 9.59 Å². The fourth-order valence-corrected chi connectivity index (χ4v) is 3.41. The van der Waals surface area contributed by atoms with E-state index in [1.807, 2.05) is 6.07 Å². The van der Waals surface area contributed by atoms with E-state index in [1.54, 1.807) is 38.3 Å². The van der Waals surface area contributed by atoms with Crippen molar-refractivity contribution in [3.8, 4) is 11.5 Å². The van der Waals surface area contributed by atoms with Crippen molar-refractivity contribution in [2.24, 2.45) is 5.10 Å². The predicted octanol–water partition coefficient (Wildman–Crippen LogP) is 3.97. The summed E-state index contributed by atoms with van der Waals surface area (Å²) in [5, 5.41) is 14.6. The van der Waals surface area contributed by atoms with Crippen LogP contribution < -0.4 is 14.5 Å². The van der Waals surface area contributed by atoms with Gasteiger partial charge in [-0.2, -0.15) is 10.1 Å². The molecule has 0 spiro atoms. The van der Waals surface area contributed by atoms with Gasteiger partial charge in [0, 0.05) is 0 Å². The van der Waals surface area contributed by atoms with E-state index in [-0.39, 0.29) is 11.5 Å². The molecule has 2 aromatic carbocycles. The van der Waals surface area contributed by atoms with Gasteiger partial charge in [0.05, 0.1) is 41.2 Å². The number of hydrazone groups is 1. The van der Waals surface area contributed by atoms with Crippen LogP contribution in [0.2, 0.25) is 0 Å². The molecule has 28 heavy (non-hydrogen) atoms. The first-order chi connectivity index (χ1) is 13.3. The number of rotatable bonds is 5. The number of methoxy groups -OCH3 is 2. The third kappa shape index (κ3) is 3.63. The Morgan fingerprint density at radius 2 is 1.86 bits per heavy atom. The van der Waals surface area contributed by atoms with Gasteiger partial charge < -0.3 is 14.6 Å². The summed E-state index contributed by atoms with van der Waals surface area (Å²) in [6, 6.07) is 9.55. The molecule has 0 unspecified atom stereocenters. The number of hydrogen-bond acceptors (Lipinski definition) is 5. The molecule has 0 aromatic heterocycles. The minimum atomic E-state index is -1.03. The standard InChI is InChI=1S/C20H17BrN2O5/c1-11-15(8-12-9-16(21)18(28-3)17(10-12)27-2)19(24)23(22-11)14-6-4-13(5-7-14)20(25)26/h4-10H,1-3H3,(H,25,26). The van der Waals surface area contributed by atoms with Gasteiger partial charge in [-0.15, -0.1) is 0 Å². The monoisotopic (exact) mass is 444 g/mol. The largest absolute Gasteiger partial charge is 0.493 e. The maximum absolute atomic E-state index is 12.9. The minimum Gasteiger partial charge on any atom is -0.493 e. The van der Waals surface area contributed by atoms with Gasteiger partial charge in [-0.25, -0.2) is 4.79 Å². The number of carboxylic acids is 1. The number of amides is 1. The van der Waals surface area contributed by atoms with E-state index in [2.05, 4.69) is 21.0 Å². The molecule has 0 radical (unpaired) electrons. The number of benzene rings is 2. The molecule has 3 rings (SSSR count). The SMILES string of the molecule is COc1cc(C=C2C(=O)N(c3ccc(C(=O)O)cc3)N=C2C)cc(Br)c1OC. The van der Waals surface area contributed by atoms with Crippen LogP contribution in [0, 0.1) is 0 Å². The molecule has 1 N–H and O–H groups in total. The molecule has 0 saturated carbocycles. The summed E-state index contributed by atoms with van der Waals surface area (Å²) in [6.45, 7) is 1.74. The highest BCUT2D eigenvalue weighted by atomic mass is 79.9. The van der Waals surface area contributed by atoms with E-state index in [0.717, 1.165) is 5.56 Å². The van der Waals surface area contributed by atoms with Crippen molar-refractivity contribution in [1.29, 1.82) is 0 Å². The van der Waals surface area contributed by atoms with E-state index >= 15 is 0 Å². The molecule has 144 valence electrons. The Balaban J connectivity index is 1.94. The summed E-state index contributed by atoms with van der Waals surface area (Å²) < 4.78 is 11.3. The molecule has 0 aliphatic carbocycles. The molecule has 0 fully saturated rings. The second kappa shape index (κ2) is 7.85. The predicted molar refractivity (Wildman–Crippen MR) is 109 cm³/mol. The van der Waals surface area contributed by atoms with Crippen LogP contribution in [0.5, 0.6) is 11.5 Å². The zero-order chi connectivity index (χ0) is 20.4. The highest BCUT2D eigenvalue weighted by molar-refractivity contribution is 9.10. The zero-order valence-corrected chi connectivity index (χ0v) is 17.0. The van der Waals surface area contributed by atoms with Gasteiger partial charge in [-0.05, 0) is 70.9 Å². The van der Waals surface area contributed by atoms with Crippen molar-refractivity contribution in [3.63, 3.8) is 0 Å². The van der Waals surface area contributed by atoms with Gasteiger partial charge >= 0.3 is 5.97 Å². The fourth-order valence-electron chi connectivity index (χ4n) is 2.79. The van der Waals surface area contributed by atoms with Crippen LogP contribution in [-0.2, 0) is 4.79 Å².